The van der Waals surface area contributed by atoms with Crippen molar-refractivity contribution in [2.45, 2.75) is 0 Å². The highest BCUT2D eigenvalue weighted by molar-refractivity contribution is 9.10. The third-order valence-electron chi connectivity index (χ3n) is 3.26. The highest BCUT2D eigenvalue weighted by Gasteiger charge is 2.06. The molecule has 0 aliphatic carbocycles. The molecule has 3 aromatic carbocycles. The molecule has 0 aliphatic rings. The zero-order valence-electron chi connectivity index (χ0n) is 10.8. The van der Waals surface area contributed by atoms with E-state index in [0.29, 0.717) is 0 Å². The summed E-state index contributed by atoms with van der Waals surface area (Å²) >= 11 is 3.46. The van der Waals surface area contributed by atoms with Crippen LogP contribution in [0, 0.1) is 0 Å². The number of phenols is 1. The summed E-state index contributed by atoms with van der Waals surface area (Å²) in [7, 11) is 0. The summed E-state index contributed by atoms with van der Waals surface area (Å²) in [6.45, 7) is 0. The smallest absolute Gasteiger partial charge is 0.115 e. The fourth-order valence-corrected chi connectivity index (χ4v) is 2.52. The lowest BCUT2D eigenvalue weighted by Crippen LogP contribution is -1.84. The van der Waals surface area contributed by atoms with Gasteiger partial charge in [0, 0.05) is 4.47 Å². The van der Waals surface area contributed by atoms with E-state index in [4.69, 9.17) is 0 Å². The third-order valence-corrected chi connectivity index (χ3v) is 3.79. The maximum absolute atomic E-state index is 9.42. The zero-order chi connectivity index (χ0) is 13.9. The van der Waals surface area contributed by atoms with Gasteiger partial charge in [-0.15, -0.1) is 0 Å². The van der Waals surface area contributed by atoms with Crippen LogP contribution in [-0.4, -0.2) is 5.11 Å². The van der Waals surface area contributed by atoms with Gasteiger partial charge in [0.2, 0.25) is 0 Å². The van der Waals surface area contributed by atoms with Crippen LogP contribution in [0.2, 0.25) is 0 Å². The molecule has 0 fully saturated rings. The molecule has 2 heteroatoms. The Hall–Kier alpha value is -2.06. The summed E-state index contributed by atoms with van der Waals surface area (Å²) in [5.41, 5.74) is 4.62. The number of aromatic hydroxyl groups is 1. The van der Waals surface area contributed by atoms with Gasteiger partial charge in [-0.2, -0.15) is 0 Å². The lowest BCUT2D eigenvalue weighted by atomic mass is 9.95. The first-order valence-corrected chi connectivity index (χ1v) is 7.18. The number of benzene rings is 3. The normalized spacial score (nSPS) is 10.4. The van der Waals surface area contributed by atoms with Crippen LogP contribution in [0.3, 0.4) is 0 Å². The van der Waals surface area contributed by atoms with E-state index in [2.05, 4.69) is 40.2 Å². The van der Waals surface area contributed by atoms with Crippen LogP contribution in [0.1, 0.15) is 0 Å². The number of rotatable bonds is 2. The number of hydrogen-bond donors (Lipinski definition) is 1. The molecule has 0 amide bonds. The summed E-state index contributed by atoms with van der Waals surface area (Å²) in [6, 6.07) is 23.9. The van der Waals surface area contributed by atoms with Crippen molar-refractivity contribution in [3.05, 3.63) is 77.3 Å². The third kappa shape index (κ3) is 2.61. The van der Waals surface area contributed by atoms with Gasteiger partial charge in [-0.3, -0.25) is 0 Å². The minimum absolute atomic E-state index is 0.287. The maximum Gasteiger partial charge on any atom is 0.115 e. The molecule has 1 N–H and O–H groups in total. The van der Waals surface area contributed by atoms with Crippen molar-refractivity contribution in [2.75, 3.05) is 0 Å². The Labute approximate surface area is 126 Å². The van der Waals surface area contributed by atoms with Gasteiger partial charge in [0.15, 0.2) is 0 Å². The molecule has 0 atom stereocenters. The van der Waals surface area contributed by atoms with Crippen molar-refractivity contribution in [1.29, 1.82) is 0 Å². The van der Waals surface area contributed by atoms with Gasteiger partial charge in [-0.25, -0.2) is 0 Å². The Morgan fingerprint density at radius 2 is 1.05 bits per heavy atom. The first-order chi connectivity index (χ1) is 9.74. The van der Waals surface area contributed by atoms with Gasteiger partial charge >= 0.3 is 0 Å². The summed E-state index contributed by atoms with van der Waals surface area (Å²) in [5, 5.41) is 9.42. The predicted octanol–water partition coefficient (Wildman–Crippen LogP) is 5.49. The average Bonchev–Trinajstić information content (AvgIpc) is 2.49. The van der Waals surface area contributed by atoms with Gasteiger partial charge in [-0.05, 0) is 46.5 Å². The molecule has 0 unspecified atom stereocenters. The molecule has 0 saturated carbocycles. The zero-order valence-corrected chi connectivity index (χ0v) is 12.3. The molecule has 0 aliphatic heterocycles. The van der Waals surface area contributed by atoms with Gasteiger partial charge < -0.3 is 5.11 Å². The van der Waals surface area contributed by atoms with Crippen LogP contribution in [0.15, 0.2) is 77.3 Å². The van der Waals surface area contributed by atoms with Gasteiger partial charge in [-0.1, -0.05) is 64.5 Å². The fraction of sp³-hybridized carbons (Fsp3) is 0. The summed E-state index contributed by atoms with van der Waals surface area (Å²) < 4.78 is 1.07. The maximum atomic E-state index is 9.42. The van der Waals surface area contributed by atoms with Crippen molar-refractivity contribution in [3.8, 4) is 28.0 Å². The first kappa shape index (κ1) is 12.9. The Bertz CT molecular complexity index is 651. The molecule has 0 spiro atoms. The molecule has 0 heterocycles. The van der Waals surface area contributed by atoms with Crippen molar-refractivity contribution >= 4 is 15.9 Å². The second kappa shape index (κ2) is 5.51. The Morgan fingerprint density at radius 3 is 1.55 bits per heavy atom. The Balaban J connectivity index is 2.13. The van der Waals surface area contributed by atoms with Crippen LogP contribution < -0.4 is 0 Å². The van der Waals surface area contributed by atoms with E-state index in [-0.39, 0.29) is 5.75 Å². The lowest BCUT2D eigenvalue weighted by molar-refractivity contribution is 0.475. The minimum atomic E-state index is 0.287. The standard InChI is InChI=1S/C18H13BrO/c19-15-9-5-13(6-10-15)17-3-1-2-4-18(17)14-7-11-16(20)12-8-14/h1-12,20H. The van der Waals surface area contributed by atoms with E-state index in [1.54, 1.807) is 12.1 Å². The highest BCUT2D eigenvalue weighted by atomic mass is 79.9. The minimum Gasteiger partial charge on any atom is -0.508 e. The summed E-state index contributed by atoms with van der Waals surface area (Å²) in [5.74, 6) is 0.287. The van der Waals surface area contributed by atoms with Crippen LogP contribution in [0.25, 0.3) is 22.3 Å². The predicted molar refractivity (Wildman–Crippen MR) is 86.7 cm³/mol. The Kier molecular flexibility index (Phi) is 3.57. The number of halogens is 1. The van der Waals surface area contributed by atoms with E-state index < -0.39 is 0 Å². The van der Waals surface area contributed by atoms with Crippen molar-refractivity contribution in [1.82, 2.24) is 0 Å². The van der Waals surface area contributed by atoms with Gasteiger partial charge in [0.25, 0.3) is 0 Å². The van der Waals surface area contributed by atoms with E-state index in [9.17, 15) is 5.11 Å². The molecular weight excluding hydrogens is 312 g/mol. The van der Waals surface area contributed by atoms with E-state index in [1.165, 1.54) is 11.1 Å². The quantitative estimate of drug-likeness (QED) is 0.661. The van der Waals surface area contributed by atoms with Crippen LogP contribution in [0.5, 0.6) is 5.75 Å². The van der Waals surface area contributed by atoms with Gasteiger partial charge in [0.05, 0.1) is 0 Å². The van der Waals surface area contributed by atoms with Crippen LogP contribution in [0.4, 0.5) is 0 Å². The average molecular weight is 325 g/mol. The molecular formula is C18H13BrO. The van der Waals surface area contributed by atoms with Gasteiger partial charge in [0.1, 0.15) is 5.75 Å². The fourth-order valence-electron chi connectivity index (χ4n) is 2.26. The molecule has 20 heavy (non-hydrogen) atoms. The van der Waals surface area contributed by atoms with E-state index in [0.717, 1.165) is 15.6 Å². The SMILES string of the molecule is Oc1ccc(-c2ccccc2-c2ccc(Br)cc2)cc1. The van der Waals surface area contributed by atoms with E-state index >= 15 is 0 Å². The molecule has 3 rings (SSSR count). The highest BCUT2D eigenvalue weighted by Crippen LogP contribution is 2.33. The van der Waals surface area contributed by atoms with Crippen molar-refractivity contribution in [2.24, 2.45) is 0 Å². The van der Waals surface area contributed by atoms with Crippen molar-refractivity contribution < 1.29 is 5.11 Å². The molecule has 0 aromatic heterocycles. The molecule has 0 radical (unpaired) electrons. The summed E-state index contributed by atoms with van der Waals surface area (Å²) in [6.07, 6.45) is 0. The molecule has 1 nitrogen and oxygen atoms in total. The second-order valence-electron chi connectivity index (χ2n) is 4.60. The monoisotopic (exact) mass is 324 g/mol. The molecule has 0 saturated heterocycles. The van der Waals surface area contributed by atoms with Crippen molar-refractivity contribution in [3.63, 3.8) is 0 Å². The molecule has 98 valence electrons. The largest absolute Gasteiger partial charge is 0.508 e. The first-order valence-electron chi connectivity index (χ1n) is 6.38. The molecule has 0 bridgehead atoms. The molecule has 3 aromatic rings. The second-order valence-corrected chi connectivity index (χ2v) is 5.52. The summed E-state index contributed by atoms with van der Waals surface area (Å²) in [4.78, 5) is 0. The van der Waals surface area contributed by atoms with E-state index in [1.807, 2.05) is 36.4 Å². The van der Waals surface area contributed by atoms with Crippen LogP contribution >= 0.6 is 15.9 Å². The lowest BCUT2D eigenvalue weighted by Gasteiger charge is -2.10. The number of hydrogen-bond acceptors (Lipinski definition) is 1. The topological polar surface area (TPSA) is 20.2 Å². The van der Waals surface area contributed by atoms with Crippen LogP contribution in [-0.2, 0) is 0 Å². The Morgan fingerprint density at radius 1 is 0.600 bits per heavy atom. The number of phenolic OH excluding ortho intramolecular Hbond substituents is 1.